The van der Waals surface area contributed by atoms with E-state index in [1.807, 2.05) is 4.90 Å². The molecule has 0 aliphatic carbocycles. The standard InChI is InChI=1S/C18H22N4OS/c23-18(16-11-19-12-24-16)22-8-6-14(7-9-22)17-15(10-20-21-17)13-4-2-1-3-5-13/h1-5,11-12,14-15,17,20-21H,6-10H2. The number of hydrazine groups is 1. The summed E-state index contributed by atoms with van der Waals surface area (Å²) in [5.41, 5.74) is 9.94. The Hall–Kier alpha value is -1.76. The molecule has 4 rings (SSSR count). The van der Waals surface area contributed by atoms with Crippen LogP contribution in [0.15, 0.2) is 42.0 Å². The second kappa shape index (κ2) is 7.01. The van der Waals surface area contributed by atoms with E-state index in [0.29, 0.717) is 17.9 Å². The average Bonchev–Trinajstić information content (AvgIpc) is 3.34. The van der Waals surface area contributed by atoms with E-state index in [2.05, 4.69) is 46.2 Å². The normalized spacial score (nSPS) is 25.1. The van der Waals surface area contributed by atoms with E-state index in [1.165, 1.54) is 16.9 Å². The van der Waals surface area contributed by atoms with Crippen LogP contribution in [-0.4, -0.2) is 41.5 Å². The number of benzene rings is 1. The van der Waals surface area contributed by atoms with Crippen molar-refractivity contribution < 1.29 is 4.79 Å². The molecule has 0 saturated carbocycles. The van der Waals surface area contributed by atoms with Crippen LogP contribution in [0.3, 0.4) is 0 Å². The molecule has 0 bridgehead atoms. The molecule has 2 aliphatic heterocycles. The van der Waals surface area contributed by atoms with E-state index in [4.69, 9.17) is 0 Å². The van der Waals surface area contributed by atoms with E-state index in [1.54, 1.807) is 11.7 Å². The van der Waals surface area contributed by atoms with Crippen molar-refractivity contribution in [3.8, 4) is 0 Å². The predicted molar refractivity (Wildman–Crippen MR) is 94.9 cm³/mol. The van der Waals surface area contributed by atoms with Crippen molar-refractivity contribution in [3.63, 3.8) is 0 Å². The molecule has 1 aromatic carbocycles. The van der Waals surface area contributed by atoms with Gasteiger partial charge in [0.25, 0.3) is 5.91 Å². The Balaban J connectivity index is 1.39. The molecule has 0 radical (unpaired) electrons. The third-order valence-corrected chi connectivity index (χ3v) is 5.99. The minimum absolute atomic E-state index is 0.132. The van der Waals surface area contributed by atoms with Gasteiger partial charge >= 0.3 is 0 Å². The van der Waals surface area contributed by atoms with Gasteiger partial charge in [-0.3, -0.25) is 20.6 Å². The average molecular weight is 342 g/mol. The second-order valence-electron chi connectivity index (χ2n) is 6.56. The summed E-state index contributed by atoms with van der Waals surface area (Å²) >= 11 is 1.42. The number of aromatic nitrogens is 1. The van der Waals surface area contributed by atoms with Crippen LogP contribution in [0.2, 0.25) is 0 Å². The van der Waals surface area contributed by atoms with Crippen molar-refractivity contribution in [3.05, 3.63) is 52.5 Å². The van der Waals surface area contributed by atoms with Gasteiger partial charge in [0, 0.05) is 31.6 Å². The largest absolute Gasteiger partial charge is 0.338 e. The SMILES string of the molecule is O=C(c1cncs1)N1CCC(C2NNCC2c2ccccc2)CC1. The molecule has 1 aromatic heterocycles. The molecule has 2 unspecified atom stereocenters. The smallest absolute Gasteiger partial charge is 0.265 e. The highest BCUT2D eigenvalue weighted by Gasteiger charge is 2.36. The zero-order valence-corrected chi connectivity index (χ0v) is 14.3. The van der Waals surface area contributed by atoms with Crippen molar-refractivity contribution >= 4 is 17.2 Å². The van der Waals surface area contributed by atoms with E-state index >= 15 is 0 Å². The molecule has 126 valence electrons. The summed E-state index contributed by atoms with van der Waals surface area (Å²) in [5.74, 6) is 1.23. The Morgan fingerprint density at radius 2 is 2.00 bits per heavy atom. The number of carbonyl (C=O) groups is 1. The first-order chi connectivity index (χ1) is 11.8. The number of carbonyl (C=O) groups excluding carboxylic acids is 1. The zero-order valence-electron chi connectivity index (χ0n) is 13.5. The Morgan fingerprint density at radius 1 is 1.21 bits per heavy atom. The van der Waals surface area contributed by atoms with Crippen LogP contribution in [0.4, 0.5) is 0 Å². The maximum Gasteiger partial charge on any atom is 0.265 e. The summed E-state index contributed by atoms with van der Waals surface area (Å²) in [4.78, 5) is 19.2. The summed E-state index contributed by atoms with van der Waals surface area (Å²) in [6.07, 6.45) is 3.77. The van der Waals surface area contributed by atoms with Crippen molar-refractivity contribution in [2.24, 2.45) is 5.92 Å². The number of thiazole rings is 1. The maximum atomic E-state index is 12.4. The minimum atomic E-state index is 0.132. The molecular weight excluding hydrogens is 320 g/mol. The molecule has 2 atom stereocenters. The highest BCUT2D eigenvalue weighted by Crippen LogP contribution is 2.32. The number of amides is 1. The van der Waals surface area contributed by atoms with E-state index in [-0.39, 0.29) is 5.91 Å². The number of nitrogens with zero attached hydrogens (tertiary/aromatic N) is 2. The van der Waals surface area contributed by atoms with Gasteiger partial charge in [-0.15, -0.1) is 11.3 Å². The molecular formula is C18H22N4OS. The third-order valence-electron chi connectivity index (χ3n) is 5.23. The third kappa shape index (κ3) is 3.09. The first kappa shape index (κ1) is 15.7. The van der Waals surface area contributed by atoms with Crippen molar-refractivity contribution in [2.45, 2.75) is 24.8 Å². The molecule has 2 aliphatic rings. The number of nitrogens with one attached hydrogen (secondary N) is 2. The van der Waals surface area contributed by atoms with Crippen LogP contribution in [0, 0.1) is 5.92 Å². The molecule has 2 N–H and O–H groups in total. The second-order valence-corrected chi connectivity index (χ2v) is 7.45. The Morgan fingerprint density at radius 3 is 2.71 bits per heavy atom. The van der Waals surface area contributed by atoms with Gasteiger partial charge in [0.1, 0.15) is 4.88 Å². The predicted octanol–water partition coefficient (Wildman–Crippen LogP) is 2.26. The maximum absolute atomic E-state index is 12.4. The number of hydrogen-bond acceptors (Lipinski definition) is 5. The molecule has 0 spiro atoms. The van der Waals surface area contributed by atoms with Gasteiger partial charge in [-0.1, -0.05) is 30.3 Å². The van der Waals surface area contributed by atoms with Crippen LogP contribution in [0.5, 0.6) is 0 Å². The molecule has 3 heterocycles. The van der Waals surface area contributed by atoms with E-state index in [9.17, 15) is 4.79 Å². The van der Waals surface area contributed by atoms with Crippen molar-refractivity contribution in [1.29, 1.82) is 0 Å². The lowest BCUT2D eigenvalue weighted by Gasteiger charge is -2.36. The van der Waals surface area contributed by atoms with Gasteiger partial charge in [-0.2, -0.15) is 0 Å². The van der Waals surface area contributed by atoms with Crippen LogP contribution in [0.25, 0.3) is 0 Å². The fraction of sp³-hybridized carbons (Fsp3) is 0.444. The lowest BCUT2D eigenvalue weighted by atomic mass is 9.80. The summed E-state index contributed by atoms with van der Waals surface area (Å²) in [6, 6.07) is 11.2. The van der Waals surface area contributed by atoms with Gasteiger partial charge in [-0.05, 0) is 24.3 Å². The molecule has 1 amide bonds. The minimum Gasteiger partial charge on any atom is -0.338 e. The highest BCUT2D eigenvalue weighted by atomic mass is 32.1. The molecule has 24 heavy (non-hydrogen) atoms. The van der Waals surface area contributed by atoms with Gasteiger partial charge in [0.05, 0.1) is 11.7 Å². The van der Waals surface area contributed by atoms with Gasteiger partial charge in [0.2, 0.25) is 0 Å². The number of rotatable bonds is 3. The van der Waals surface area contributed by atoms with Gasteiger partial charge < -0.3 is 4.90 Å². The van der Waals surface area contributed by atoms with E-state index in [0.717, 1.165) is 37.4 Å². The van der Waals surface area contributed by atoms with Gasteiger partial charge in [0.15, 0.2) is 0 Å². The first-order valence-corrected chi connectivity index (χ1v) is 9.42. The molecule has 5 nitrogen and oxygen atoms in total. The quantitative estimate of drug-likeness (QED) is 0.898. The number of likely N-dealkylation sites (tertiary alicyclic amines) is 1. The van der Waals surface area contributed by atoms with Crippen molar-refractivity contribution in [1.82, 2.24) is 20.7 Å². The topological polar surface area (TPSA) is 57.3 Å². The van der Waals surface area contributed by atoms with Crippen LogP contribution in [0.1, 0.15) is 34.0 Å². The summed E-state index contributed by atoms with van der Waals surface area (Å²) in [7, 11) is 0. The monoisotopic (exact) mass is 342 g/mol. The lowest BCUT2D eigenvalue weighted by Crippen LogP contribution is -2.45. The highest BCUT2D eigenvalue weighted by molar-refractivity contribution is 7.11. The Labute approximate surface area is 146 Å². The molecule has 2 saturated heterocycles. The van der Waals surface area contributed by atoms with E-state index < -0.39 is 0 Å². The fourth-order valence-corrected chi connectivity index (χ4v) is 4.51. The number of piperidine rings is 1. The number of hydrogen-bond donors (Lipinski definition) is 2. The van der Waals surface area contributed by atoms with Gasteiger partial charge in [-0.25, -0.2) is 0 Å². The molecule has 6 heteroatoms. The van der Waals surface area contributed by atoms with Crippen LogP contribution < -0.4 is 10.9 Å². The molecule has 2 fully saturated rings. The summed E-state index contributed by atoms with van der Waals surface area (Å²) < 4.78 is 0. The summed E-state index contributed by atoms with van der Waals surface area (Å²) in [5, 5.41) is 0. The Kier molecular flexibility index (Phi) is 4.60. The van der Waals surface area contributed by atoms with Crippen LogP contribution >= 0.6 is 11.3 Å². The first-order valence-electron chi connectivity index (χ1n) is 8.54. The lowest BCUT2D eigenvalue weighted by molar-refractivity contribution is 0.0674. The fourth-order valence-electron chi connectivity index (χ4n) is 3.92. The molecule has 2 aromatic rings. The van der Waals surface area contributed by atoms with Crippen molar-refractivity contribution in [2.75, 3.05) is 19.6 Å². The Bertz CT molecular complexity index is 668. The van der Waals surface area contributed by atoms with Crippen LogP contribution in [-0.2, 0) is 0 Å². The zero-order chi connectivity index (χ0) is 16.4. The summed E-state index contributed by atoms with van der Waals surface area (Å²) in [6.45, 7) is 2.64.